The predicted molar refractivity (Wildman–Crippen MR) is 70.9 cm³/mol. The third-order valence-corrected chi connectivity index (χ3v) is 3.75. The molecule has 1 aliphatic heterocycles. The van der Waals surface area contributed by atoms with Crippen LogP contribution < -0.4 is 5.32 Å². The molecule has 1 heterocycles. The SMILES string of the molecule is CC(C(=O)O)N1CCNC(c2ccc(C(F)(F)F)cc2)C1. The van der Waals surface area contributed by atoms with Crippen LogP contribution in [0.1, 0.15) is 24.1 Å². The minimum atomic E-state index is -4.34. The van der Waals surface area contributed by atoms with E-state index in [1.54, 1.807) is 11.8 Å². The van der Waals surface area contributed by atoms with E-state index in [1.165, 1.54) is 12.1 Å². The minimum Gasteiger partial charge on any atom is -0.480 e. The van der Waals surface area contributed by atoms with Gasteiger partial charge in [0.15, 0.2) is 0 Å². The van der Waals surface area contributed by atoms with Crippen LogP contribution in [0.15, 0.2) is 24.3 Å². The summed E-state index contributed by atoms with van der Waals surface area (Å²) < 4.78 is 37.6. The predicted octanol–water partition coefficient (Wildman–Crippen LogP) is 2.12. The fourth-order valence-corrected chi connectivity index (χ4v) is 2.41. The largest absolute Gasteiger partial charge is 0.480 e. The lowest BCUT2D eigenvalue weighted by Crippen LogP contribution is -2.51. The lowest BCUT2D eigenvalue weighted by atomic mass is 10.0. The van der Waals surface area contributed by atoms with Gasteiger partial charge in [0, 0.05) is 25.7 Å². The van der Waals surface area contributed by atoms with Gasteiger partial charge >= 0.3 is 12.1 Å². The molecule has 0 saturated carbocycles. The van der Waals surface area contributed by atoms with E-state index in [9.17, 15) is 18.0 Å². The number of alkyl halides is 3. The Morgan fingerprint density at radius 1 is 1.38 bits per heavy atom. The number of benzene rings is 1. The van der Waals surface area contributed by atoms with Gasteiger partial charge in [0.1, 0.15) is 6.04 Å². The zero-order valence-electron chi connectivity index (χ0n) is 11.5. The maximum atomic E-state index is 12.5. The van der Waals surface area contributed by atoms with E-state index in [0.29, 0.717) is 19.6 Å². The highest BCUT2D eigenvalue weighted by molar-refractivity contribution is 5.72. The first-order valence-electron chi connectivity index (χ1n) is 6.66. The molecular formula is C14H17F3N2O2. The van der Waals surface area contributed by atoms with Crippen LogP contribution in [0, 0.1) is 0 Å². The molecule has 0 aliphatic carbocycles. The Hall–Kier alpha value is -1.60. The standard InChI is InChI=1S/C14H17F3N2O2/c1-9(13(20)21)19-7-6-18-12(8-19)10-2-4-11(5-3-10)14(15,16)17/h2-5,9,12,18H,6-8H2,1H3,(H,20,21). The van der Waals surface area contributed by atoms with Crippen molar-refractivity contribution < 1.29 is 23.1 Å². The smallest absolute Gasteiger partial charge is 0.416 e. The van der Waals surface area contributed by atoms with Gasteiger partial charge in [0.05, 0.1) is 5.56 Å². The van der Waals surface area contributed by atoms with Crippen molar-refractivity contribution >= 4 is 5.97 Å². The van der Waals surface area contributed by atoms with E-state index in [4.69, 9.17) is 5.11 Å². The first kappa shape index (κ1) is 15.8. The van der Waals surface area contributed by atoms with Gasteiger partial charge in [0.2, 0.25) is 0 Å². The van der Waals surface area contributed by atoms with Crippen LogP contribution in [0.5, 0.6) is 0 Å². The Balaban J connectivity index is 2.09. The number of piperazine rings is 1. The molecule has 1 aliphatic rings. The lowest BCUT2D eigenvalue weighted by molar-refractivity contribution is -0.143. The Kier molecular flexibility index (Phi) is 4.53. The molecule has 2 N–H and O–H groups in total. The summed E-state index contributed by atoms with van der Waals surface area (Å²) in [5.74, 6) is -0.900. The number of carbonyl (C=O) groups is 1. The fraction of sp³-hybridized carbons (Fsp3) is 0.500. The molecule has 2 atom stereocenters. The normalized spacial score (nSPS) is 22.0. The van der Waals surface area contributed by atoms with Crippen molar-refractivity contribution in [3.05, 3.63) is 35.4 Å². The second-order valence-corrected chi connectivity index (χ2v) is 5.14. The van der Waals surface area contributed by atoms with Gasteiger partial charge in [-0.05, 0) is 24.6 Å². The maximum Gasteiger partial charge on any atom is 0.416 e. The van der Waals surface area contributed by atoms with Crippen LogP contribution in [0.25, 0.3) is 0 Å². The van der Waals surface area contributed by atoms with Gasteiger partial charge in [-0.1, -0.05) is 12.1 Å². The second-order valence-electron chi connectivity index (χ2n) is 5.14. The highest BCUT2D eigenvalue weighted by Gasteiger charge is 2.31. The van der Waals surface area contributed by atoms with Crippen LogP contribution in [0.3, 0.4) is 0 Å². The summed E-state index contributed by atoms with van der Waals surface area (Å²) in [5.41, 5.74) is 0.0445. The summed E-state index contributed by atoms with van der Waals surface area (Å²) in [6, 6.07) is 4.21. The number of carboxylic acids is 1. The van der Waals surface area contributed by atoms with Crippen molar-refractivity contribution in [1.29, 1.82) is 0 Å². The number of hydrogen-bond acceptors (Lipinski definition) is 3. The van der Waals surface area contributed by atoms with Gasteiger partial charge in [-0.25, -0.2) is 0 Å². The third kappa shape index (κ3) is 3.74. The summed E-state index contributed by atoms with van der Waals surface area (Å²) in [6.07, 6.45) is -4.34. The van der Waals surface area contributed by atoms with Crippen molar-refractivity contribution in [2.75, 3.05) is 19.6 Å². The average molecular weight is 302 g/mol. The number of aliphatic carboxylic acids is 1. The van der Waals surface area contributed by atoms with Crippen LogP contribution in [-0.2, 0) is 11.0 Å². The minimum absolute atomic E-state index is 0.164. The van der Waals surface area contributed by atoms with Gasteiger partial charge < -0.3 is 10.4 Å². The summed E-state index contributed by atoms with van der Waals surface area (Å²) in [4.78, 5) is 12.8. The topological polar surface area (TPSA) is 52.6 Å². The molecule has 2 rings (SSSR count). The van der Waals surface area contributed by atoms with Crippen LogP contribution in [-0.4, -0.2) is 41.7 Å². The van der Waals surface area contributed by atoms with Crippen molar-refractivity contribution in [2.45, 2.75) is 25.2 Å². The molecule has 2 unspecified atom stereocenters. The number of carboxylic acid groups (broad SMARTS) is 1. The highest BCUT2D eigenvalue weighted by atomic mass is 19.4. The Bertz CT molecular complexity index is 502. The van der Waals surface area contributed by atoms with Gasteiger partial charge in [0.25, 0.3) is 0 Å². The van der Waals surface area contributed by atoms with Crippen LogP contribution >= 0.6 is 0 Å². The molecule has 4 nitrogen and oxygen atoms in total. The molecule has 0 amide bonds. The van der Waals surface area contributed by atoms with Gasteiger partial charge in [-0.3, -0.25) is 9.69 Å². The molecule has 0 radical (unpaired) electrons. The van der Waals surface area contributed by atoms with Crippen molar-refractivity contribution in [2.24, 2.45) is 0 Å². The summed E-state index contributed by atoms with van der Waals surface area (Å²) in [7, 11) is 0. The van der Waals surface area contributed by atoms with E-state index in [0.717, 1.165) is 17.7 Å². The van der Waals surface area contributed by atoms with E-state index < -0.39 is 23.8 Å². The van der Waals surface area contributed by atoms with Gasteiger partial charge in [-0.15, -0.1) is 0 Å². The van der Waals surface area contributed by atoms with E-state index >= 15 is 0 Å². The molecular weight excluding hydrogens is 285 g/mol. The van der Waals surface area contributed by atoms with Crippen molar-refractivity contribution in [3.8, 4) is 0 Å². The first-order chi connectivity index (χ1) is 9.79. The average Bonchev–Trinajstić information content (AvgIpc) is 2.46. The third-order valence-electron chi connectivity index (χ3n) is 3.75. The second kappa shape index (κ2) is 6.03. The number of rotatable bonds is 3. The Labute approximate surface area is 120 Å². The molecule has 116 valence electrons. The van der Waals surface area contributed by atoms with Crippen LogP contribution in [0.2, 0.25) is 0 Å². The monoisotopic (exact) mass is 302 g/mol. The summed E-state index contributed by atoms with van der Waals surface area (Å²) in [5, 5.41) is 12.2. The van der Waals surface area contributed by atoms with E-state index in [2.05, 4.69) is 5.32 Å². The molecule has 1 aromatic rings. The molecule has 1 aromatic carbocycles. The van der Waals surface area contributed by atoms with Crippen molar-refractivity contribution in [3.63, 3.8) is 0 Å². The first-order valence-corrected chi connectivity index (χ1v) is 6.66. The van der Waals surface area contributed by atoms with E-state index in [1.807, 2.05) is 0 Å². The molecule has 0 bridgehead atoms. The molecule has 7 heteroatoms. The zero-order valence-corrected chi connectivity index (χ0v) is 11.5. The van der Waals surface area contributed by atoms with Crippen LogP contribution in [0.4, 0.5) is 13.2 Å². The fourth-order valence-electron chi connectivity index (χ4n) is 2.41. The molecule has 1 saturated heterocycles. The lowest BCUT2D eigenvalue weighted by Gasteiger charge is -2.36. The molecule has 21 heavy (non-hydrogen) atoms. The Morgan fingerprint density at radius 2 is 2.00 bits per heavy atom. The number of halogens is 3. The number of nitrogens with one attached hydrogen (secondary N) is 1. The zero-order chi connectivity index (χ0) is 15.6. The van der Waals surface area contributed by atoms with Crippen molar-refractivity contribution in [1.82, 2.24) is 10.2 Å². The Morgan fingerprint density at radius 3 is 2.52 bits per heavy atom. The number of hydrogen-bond donors (Lipinski definition) is 2. The highest BCUT2D eigenvalue weighted by Crippen LogP contribution is 2.30. The molecule has 0 spiro atoms. The maximum absolute atomic E-state index is 12.5. The summed E-state index contributed by atoms with van der Waals surface area (Å²) >= 11 is 0. The molecule has 0 aromatic heterocycles. The summed E-state index contributed by atoms with van der Waals surface area (Å²) in [6.45, 7) is 3.27. The number of nitrogens with zero attached hydrogens (tertiary/aromatic N) is 1. The van der Waals surface area contributed by atoms with Gasteiger partial charge in [-0.2, -0.15) is 13.2 Å². The molecule has 1 fully saturated rings. The quantitative estimate of drug-likeness (QED) is 0.898. The van der Waals surface area contributed by atoms with E-state index in [-0.39, 0.29) is 6.04 Å².